The molecule has 2 heterocycles. The van der Waals surface area contributed by atoms with Gasteiger partial charge >= 0.3 is 0 Å². The fraction of sp³-hybridized carbons (Fsp3) is 0.389. The average molecular weight is 324 g/mol. The van der Waals surface area contributed by atoms with E-state index in [1.54, 1.807) is 30.7 Å². The Bertz CT molecular complexity index is 791. The molecule has 0 spiro atoms. The molecule has 0 unspecified atom stereocenters. The van der Waals surface area contributed by atoms with Crippen LogP contribution in [0.3, 0.4) is 0 Å². The minimum absolute atomic E-state index is 0.0567. The first-order chi connectivity index (χ1) is 11.6. The number of imidazole rings is 1. The van der Waals surface area contributed by atoms with Gasteiger partial charge < -0.3 is 14.6 Å². The molecule has 24 heavy (non-hydrogen) atoms. The lowest BCUT2D eigenvalue weighted by molar-refractivity contribution is -0.00302. The van der Waals surface area contributed by atoms with Gasteiger partial charge in [-0.05, 0) is 43.5 Å². The monoisotopic (exact) mass is 324 g/mol. The summed E-state index contributed by atoms with van der Waals surface area (Å²) in [5.41, 5.74) is 2.99. The molecule has 1 N–H and O–H groups in total. The van der Waals surface area contributed by atoms with E-state index in [1.165, 1.54) is 0 Å². The summed E-state index contributed by atoms with van der Waals surface area (Å²) in [5.74, 6) is -0.104. The number of aromatic nitrogens is 2. The Morgan fingerprint density at radius 2 is 2.33 bits per heavy atom. The van der Waals surface area contributed by atoms with Crippen molar-refractivity contribution in [2.75, 3.05) is 6.61 Å². The molecular weight excluding hydrogens is 304 g/mol. The summed E-state index contributed by atoms with van der Waals surface area (Å²) in [4.78, 5) is 16.7. The topological polar surface area (TPSA) is 79.9 Å². The fourth-order valence-corrected chi connectivity index (χ4v) is 3.06. The first kappa shape index (κ1) is 16.2. The van der Waals surface area contributed by atoms with Crippen LogP contribution in [0.15, 0.2) is 30.7 Å². The van der Waals surface area contributed by atoms with Gasteiger partial charge in [-0.3, -0.25) is 4.79 Å². The van der Waals surface area contributed by atoms with E-state index in [4.69, 9.17) is 10.00 Å². The zero-order chi connectivity index (χ0) is 17.1. The van der Waals surface area contributed by atoms with E-state index in [-0.39, 0.29) is 18.1 Å². The molecule has 1 fully saturated rings. The summed E-state index contributed by atoms with van der Waals surface area (Å²) in [7, 11) is 1.94. The quantitative estimate of drug-likeness (QED) is 0.939. The molecule has 1 aliphatic heterocycles. The molecule has 1 aliphatic rings. The Morgan fingerprint density at radius 1 is 1.50 bits per heavy atom. The van der Waals surface area contributed by atoms with Crippen molar-refractivity contribution >= 4 is 5.91 Å². The molecule has 0 radical (unpaired) electrons. The number of carbonyl (C=O) groups excluding carboxylic acids is 1. The standard InChI is InChI=1S/C18H20N4O2/c1-12-7-13(9-19)3-4-15(12)18(23)21-14-5-6-24-17(8-14)16-10-20-11-22(16)2/h3-4,7,10-11,14,17H,5-6,8H2,1-2H3,(H,21,23)/t14-,17-/m1/s1. The van der Waals surface area contributed by atoms with Crippen molar-refractivity contribution in [2.24, 2.45) is 7.05 Å². The number of carbonyl (C=O) groups is 1. The molecule has 124 valence electrons. The number of hydrogen-bond acceptors (Lipinski definition) is 4. The minimum atomic E-state index is -0.104. The van der Waals surface area contributed by atoms with E-state index in [0.717, 1.165) is 24.1 Å². The number of aryl methyl sites for hydroxylation is 2. The lowest BCUT2D eigenvalue weighted by Gasteiger charge is -2.30. The van der Waals surface area contributed by atoms with E-state index in [9.17, 15) is 4.79 Å². The van der Waals surface area contributed by atoms with Crippen LogP contribution in [0.4, 0.5) is 0 Å². The van der Waals surface area contributed by atoms with E-state index in [1.807, 2.05) is 18.5 Å². The summed E-state index contributed by atoms with van der Waals surface area (Å²) in [6, 6.07) is 7.26. The second kappa shape index (κ2) is 6.85. The van der Waals surface area contributed by atoms with Gasteiger partial charge in [0.15, 0.2) is 0 Å². The van der Waals surface area contributed by atoms with E-state index >= 15 is 0 Å². The van der Waals surface area contributed by atoms with Gasteiger partial charge in [0.25, 0.3) is 5.91 Å². The summed E-state index contributed by atoms with van der Waals surface area (Å²) in [6.07, 6.45) is 5.01. The van der Waals surface area contributed by atoms with Crippen LogP contribution >= 0.6 is 0 Å². The highest BCUT2D eigenvalue weighted by molar-refractivity contribution is 5.96. The molecule has 1 aromatic carbocycles. The zero-order valence-electron chi connectivity index (χ0n) is 13.8. The first-order valence-corrected chi connectivity index (χ1v) is 7.98. The minimum Gasteiger partial charge on any atom is -0.372 e. The summed E-state index contributed by atoms with van der Waals surface area (Å²) >= 11 is 0. The molecule has 1 aromatic heterocycles. The second-order valence-corrected chi connectivity index (χ2v) is 6.13. The predicted molar refractivity (Wildman–Crippen MR) is 88.3 cm³/mol. The van der Waals surface area contributed by atoms with Crippen molar-refractivity contribution in [2.45, 2.75) is 31.9 Å². The van der Waals surface area contributed by atoms with E-state index in [0.29, 0.717) is 17.7 Å². The van der Waals surface area contributed by atoms with E-state index in [2.05, 4.69) is 16.4 Å². The lowest BCUT2D eigenvalue weighted by atomic mass is 9.99. The number of benzene rings is 1. The molecule has 2 aromatic rings. The third-order valence-electron chi connectivity index (χ3n) is 4.40. The molecule has 1 saturated heterocycles. The highest BCUT2D eigenvalue weighted by atomic mass is 16.5. The molecular formula is C18H20N4O2. The summed E-state index contributed by atoms with van der Waals surface area (Å²) in [5, 5.41) is 12.0. The molecule has 6 nitrogen and oxygen atoms in total. The van der Waals surface area contributed by atoms with Crippen LogP contribution in [0.25, 0.3) is 0 Å². The summed E-state index contributed by atoms with van der Waals surface area (Å²) < 4.78 is 7.77. The maximum Gasteiger partial charge on any atom is 0.251 e. The fourth-order valence-electron chi connectivity index (χ4n) is 3.06. The molecule has 6 heteroatoms. The van der Waals surface area contributed by atoms with Gasteiger partial charge in [0, 0.05) is 25.3 Å². The highest BCUT2D eigenvalue weighted by Gasteiger charge is 2.27. The Kier molecular flexibility index (Phi) is 4.63. The van der Waals surface area contributed by atoms with Crippen molar-refractivity contribution in [3.8, 4) is 6.07 Å². The van der Waals surface area contributed by atoms with Crippen LogP contribution in [0.5, 0.6) is 0 Å². The van der Waals surface area contributed by atoms with Crippen LogP contribution in [-0.2, 0) is 11.8 Å². The number of nitrogens with one attached hydrogen (secondary N) is 1. The molecule has 3 rings (SSSR count). The molecule has 0 saturated carbocycles. The van der Waals surface area contributed by atoms with Gasteiger partial charge in [0.2, 0.25) is 0 Å². The van der Waals surface area contributed by atoms with Crippen LogP contribution in [0.2, 0.25) is 0 Å². The largest absolute Gasteiger partial charge is 0.372 e. The third kappa shape index (κ3) is 3.31. The number of amides is 1. The Hall–Kier alpha value is -2.65. The normalized spacial score (nSPS) is 20.4. The van der Waals surface area contributed by atoms with Gasteiger partial charge in [-0.2, -0.15) is 5.26 Å². The number of hydrogen-bond donors (Lipinski definition) is 1. The lowest BCUT2D eigenvalue weighted by Crippen LogP contribution is -2.40. The van der Waals surface area contributed by atoms with Crippen LogP contribution in [-0.4, -0.2) is 28.1 Å². The predicted octanol–water partition coefficient (Wildman–Crippen LogP) is 2.25. The smallest absolute Gasteiger partial charge is 0.251 e. The highest BCUT2D eigenvalue weighted by Crippen LogP contribution is 2.27. The van der Waals surface area contributed by atoms with Crippen molar-refractivity contribution in [3.63, 3.8) is 0 Å². The van der Waals surface area contributed by atoms with Gasteiger partial charge in [-0.25, -0.2) is 4.98 Å². The van der Waals surface area contributed by atoms with Crippen LogP contribution in [0.1, 0.15) is 46.1 Å². The third-order valence-corrected chi connectivity index (χ3v) is 4.40. The molecule has 0 bridgehead atoms. The van der Waals surface area contributed by atoms with Crippen molar-refractivity contribution in [1.82, 2.24) is 14.9 Å². The van der Waals surface area contributed by atoms with Crippen molar-refractivity contribution < 1.29 is 9.53 Å². The SMILES string of the molecule is Cc1cc(C#N)ccc1C(=O)N[C@@H]1CCO[C@@H](c2cncn2C)C1. The number of nitrogens with zero attached hydrogens (tertiary/aromatic N) is 3. The van der Waals surface area contributed by atoms with Gasteiger partial charge in [-0.15, -0.1) is 0 Å². The molecule has 1 amide bonds. The van der Waals surface area contributed by atoms with Crippen molar-refractivity contribution in [3.05, 3.63) is 53.1 Å². The van der Waals surface area contributed by atoms with Crippen LogP contribution < -0.4 is 5.32 Å². The van der Waals surface area contributed by atoms with Gasteiger partial charge in [0.1, 0.15) is 6.10 Å². The van der Waals surface area contributed by atoms with Crippen LogP contribution in [0, 0.1) is 18.3 Å². The Morgan fingerprint density at radius 3 is 3.00 bits per heavy atom. The Balaban J connectivity index is 1.68. The molecule has 0 aliphatic carbocycles. The number of nitriles is 1. The van der Waals surface area contributed by atoms with E-state index < -0.39 is 0 Å². The zero-order valence-corrected chi connectivity index (χ0v) is 13.8. The second-order valence-electron chi connectivity index (χ2n) is 6.13. The Labute approximate surface area is 141 Å². The average Bonchev–Trinajstić information content (AvgIpc) is 3.01. The number of ether oxygens (including phenoxy) is 1. The van der Waals surface area contributed by atoms with Gasteiger partial charge in [-0.1, -0.05) is 0 Å². The number of rotatable bonds is 3. The summed E-state index contributed by atoms with van der Waals surface area (Å²) in [6.45, 7) is 2.45. The first-order valence-electron chi connectivity index (χ1n) is 7.98. The maximum absolute atomic E-state index is 12.5. The van der Waals surface area contributed by atoms with Gasteiger partial charge in [0.05, 0.1) is 29.9 Å². The maximum atomic E-state index is 12.5. The van der Waals surface area contributed by atoms with Crippen molar-refractivity contribution in [1.29, 1.82) is 5.26 Å². The molecule has 2 atom stereocenters.